The van der Waals surface area contributed by atoms with Crippen LogP contribution in [0.4, 0.5) is 4.79 Å². The van der Waals surface area contributed by atoms with Gasteiger partial charge in [-0.15, -0.1) is 0 Å². The van der Waals surface area contributed by atoms with E-state index < -0.39 is 13.5 Å². The van der Waals surface area contributed by atoms with Crippen LogP contribution in [0.5, 0.6) is 0 Å². The molecule has 1 radical (unpaired) electrons. The number of carboxylic acid groups (broad SMARTS) is 2. The van der Waals surface area contributed by atoms with Crippen molar-refractivity contribution in [3.63, 3.8) is 0 Å². The number of hydrogen-bond acceptors (Lipinski definition) is 6. The fourth-order valence-electron chi connectivity index (χ4n) is 0. The first-order chi connectivity index (χ1) is 3.46. The Bertz CT molecular complexity index is 57.3. The second-order valence-corrected chi connectivity index (χ2v) is 0.596. The third-order valence-electron chi connectivity index (χ3n) is 0. The molecule has 0 aromatic carbocycles. The molecule has 0 heterocycles. The van der Waals surface area contributed by atoms with Gasteiger partial charge in [0.15, 0.2) is 0 Å². The van der Waals surface area contributed by atoms with Crippen LogP contribution in [0.1, 0.15) is 0 Å². The summed E-state index contributed by atoms with van der Waals surface area (Å²) >= 11 is 0. The molecule has 0 aliphatic heterocycles. The van der Waals surface area contributed by atoms with Crippen LogP contribution in [-0.4, -0.2) is 28.5 Å². The van der Waals surface area contributed by atoms with E-state index in [2.05, 4.69) is 0 Å². The first-order valence-corrected chi connectivity index (χ1v) is 1.39. The molecule has 0 fully saturated rings. The van der Waals surface area contributed by atoms with Crippen molar-refractivity contribution < 1.29 is 47.1 Å². The third-order valence-corrected chi connectivity index (χ3v) is 0. The fraction of sp³-hybridized carbons (Fsp3) is 0. The van der Waals surface area contributed by atoms with Gasteiger partial charge in [0.05, 0.1) is 0 Å². The van der Waals surface area contributed by atoms with Crippen LogP contribution in [0, 0.1) is 0 Å². The van der Waals surface area contributed by atoms with E-state index in [0.717, 1.165) is 0 Å². The van der Waals surface area contributed by atoms with Crippen LogP contribution in [0.25, 0.3) is 0 Å². The summed E-state index contributed by atoms with van der Waals surface area (Å²) in [6.07, 6.45) is -2.33. The van der Waals surface area contributed by atoms with Gasteiger partial charge in [-0.1, -0.05) is 0 Å². The Morgan fingerprint density at radius 1 is 1.22 bits per heavy atom. The average Bonchev–Trinajstić information content (AvgIpc) is 1.25. The first-order valence-electron chi connectivity index (χ1n) is 1.39. The molecule has 0 aromatic rings. The molecule has 6 nitrogen and oxygen atoms in total. The largest absolute Gasteiger partial charge is 2.00 e. The zero-order chi connectivity index (χ0) is 7.15. The Kier molecular flexibility index (Phi) is 18.8. The van der Waals surface area contributed by atoms with Gasteiger partial charge in [-0.3, -0.25) is 0 Å². The van der Waals surface area contributed by atoms with Crippen LogP contribution in [-0.2, 0) is 17.1 Å². The minimum atomic E-state index is -2.33. The summed E-state index contributed by atoms with van der Waals surface area (Å²) in [6.45, 7) is 0. The van der Waals surface area contributed by atoms with Crippen molar-refractivity contribution in [3.05, 3.63) is 0 Å². The van der Waals surface area contributed by atoms with E-state index in [1.54, 1.807) is 0 Å². The molecule has 0 aliphatic rings. The van der Waals surface area contributed by atoms with Gasteiger partial charge in [-0.2, -0.15) is 0 Å². The maximum atomic E-state index is 8.33. The van der Waals surface area contributed by atoms with Gasteiger partial charge in [0.2, 0.25) is 0 Å². The van der Waals surface area contributed by atoms with Gasteiger partial charge in [-0.05, 0) is 6.16 Å². The van der Waals surface area contributed by atoms with Crippen molar-refractivity contribution in [2.45, 2.75) is 0 Å². The Morgan fingerprint density at radius 3 is 1.22 bits per heavy atom. The van der Waals surface area contributed by atoms with Crippen molar-refractivity contribution in [3.8, 4) is 0 Å². The quantitative estimate of drug-likeness (QED) is 0.320. The first kappa shape index (κ1) is 15.9. The van der Waals surface area contributed by atoms with E-state index in [9.17, 15) is 0 Å². The maximum absolute atomic E-state index is 8.33. The Balaban J connectivity index is -0.0000000720. The monoisotopic (exact) mass is 177 g/mol. The summed E-state index contributed by atoms with van der Waals surface area (Å²) in [5.41, 5.74) is 0. The molecule has 0 spiro atoms. The van der Waals surface area contributed by atoms with E-state index in [1.165, 1.54) is 0 Å². The van der Waals surface area contributed by atoms with Crippen molar-refractivity contribution in [2.75, 3.05) is 0 Å². The van der Waals surface area contributed by atoms with Gasteiger partial charge >= 0.3 is 24.4 Å². The fourth-order valence-corrected chi connectivity index (χ4v) is 0. The van der Waals surface area contributed by atoms with Crippen molar-refractivity contribution in [1.82, 2.24) is 0 Å². The van der Waals surface area contributed by atoms with Gasteiger partial charge in [-0.25, -0.2) is 0 Å². The van der Waals surface area contributed by atoms with Gasteiger partial charge in [0.25, 0.3) is 0 Å². The molecule has 0 atom stereocenters. The van der Waals surface area contributed by atoms with E-state index >= 15 is 0 Å². The second-order valence-electron chi connectivity index (χ2n) is 0.596. The zero-order valence-corrected chi connectivity index (χ0v) is 5.20. The van der Waals surface area contributed by atoms with Crippen LogP contribution < -0.4 is 10.2 Å². The standard InChI is InChI=1S/CH2O3.BH3O3.Mn/c2*2-1(3)4;/h(H2,2,3,4);2-4H;/q;;+2/p-2. The molecule has 8 heteroatoms. The van der Waals surface area contributed by atoms with Gasteiger partial charge < -0.3 is 30.1 Å². The number of carbonyl (C=O) groups excluding carboxylic acids is 1. The molecule has 0 unspecified atom stereocenters. The molecule has 0 aliphatic carbocycles. The molecule has 0 amide bonds. The van der Waals surface area contributed by atoms with E-state index in [-0.39, 0.29) is 17.1 Å². The van der Waals surface area contributed by atoms with E-state index in [4.69, 9.17) is 30.1 Å². The SMILES string of the molecule is O=C([O-])[O-].OB(O)O.[Mn+2]. The summed E-state index contributed by atoms with van der Waals surface area (Å²) in [4.78, 5) is 8.33. The minimum Gasteiger partial charge on any atom is -0.652 e. The summed E-state index contributed by atoms with van der Waals surface area (Å²) in [5.74, 6) is 0. The number of carbonyl (C=O) groups is 1. The second kappa shape index (κ2) is 10.7. The Hall–Kier alpha value is -0.266. The molecule has 0 bridgehead atoms. The average molecular weight is 177 g/mol. The van der Waals surface area contributed by atoms with Crippen LogP contribution in [0.3, 0.4) is 0 Å². The topological polar surface area (TPSA) is 124 Å². The van der Waals surface area contributed by atoms with E-state index in [1.807, 2.05) is 0 Å². The van der Waals surface area contributed by atoms with E-state index in [0.29, 0.717) is 0 Å². The summed E-state index contributed by atoms with van der Waals surface area (Å²) in [5, 5.41) is 38.2. The predicted octanol–water partition coefficient (Wildman–Crippen LogP) is -4.50. The van der Waals surface area contributed by atoms with Gasteiger partial charge in [0, 0.05) is 0 Å². The molecular weight excluding hydrogens is 174 g/mol. The molecule has 0 saturated carbocycles. The molecule has 9 heavy (non-hydrogen) atoms. The van der Waals surface area contributed by atoms with Crippen LogP contribution >= 0.6 is 0 Å². The number of rotatable bonds is 0. The molecule has 3 N–H and O–H groups in total. The van der Waals surface area contributed by atoms with Gasteiger partial charge in [0.1, 0.15) is 0 Å². The summed E-state index contributed by atoms with van der Waals surface area (Å²) in [6, 6.07) is 0. The predicted molar refractivity (Wildman–Crippen MR) is 17.8 cm³/mol. The third kappa shape index (κ3) is 3610. The van der Waals surface area contributed by atoms with Crippen LogP contribution in [0.15, 0.2) is 0 Å². The normalized spacial score (nSPS) is 5.67. The molecular formula is CH3BMnO6. The zero-order valence-electron chi connectivity index (χ0n) is 4.02. The summed E-state index contributed by atoms with van der Waals surface area (Å²) < 4.78 is 0. The maximum Gasteiger partial charge on any atom is 2.00 e. The molecule has 0 rings (SSSR count). The van der Waals surface area contributed by atoms with Crippen molar-refractivity contribution in [2.24, 2.45) is 0 Å². The smallest absolute Gasteiger partial charge is 0.652 e. The van der Waals surface area contributed by atoms with Crippen LogP contribution in [0.2, 0.25) is 0 Å². The molecule has 0 aromatic heterocycles. The summed E-state index contributed by atoms with van der Waals surface area (Å²) in [7, 11) is -2.17. The van der Waals surface area contributed by atoms with Crippen molar-refractivity contribution in [1.29, 1.82) is 0 Å². The minimum absolute atomic E-state index is 0. The Morgan fingerprint density at radius 2 is 1.22 bits per heavy atom. The Labute approximate surface area is 61.4 Å². The number of hydrogen-bond donors (Lipinski definition) is 3. The van der Waals surface area contributed by atoms with Crippen molar-refractivity contribution >= 4 is 13.5 Å². The molecule has 53 valence electrons. The molecule has 0 saturated heterocycles.